The van der Waals surface area contributed by atoms with Crippen LogP contribution in [0.2, 0.25) is 0 Å². The minimum atomic E-state index is -0.766. The van der Waals surface area contributed by atoms with E-state index >= 15 is 0 Å². The van der Waals surface area contributed by atoms with E-state index in [-0.39, 0.29) is 22.5 Å². The molecule has 31 heavy (non-hydrogen) atoms. The molecule has 0 bridgehead atoms. The highest BCUT2D eigenvalue weighted by molar-refractivity contribution is 7.15. The Morgan fingerprint density at radius 1 is 1.16 bits per heavy atom. The van der Waals surface area contributed by atoms with Gasteiger partial charge in [0.05, 0.1) is 17.0 Å². The molecule has 1 amide bonds. The van der Waals surface area contributed by atoms with Crippen LogP contribution in [0.4, 0.5) is 5.13 Å². The number of hydrogen-bond acceptors (Lipinski definition) is 7. The lowest BCUT2D eigenvalue weighted by Gasteiger charge is -2.22. The second-order valence-corrected chi connectivity index (χ2v) is 8.62. The van der Waals surface area contributed by atoms with Gasteiger partial charge in [0.1, 0.15) is 16.3 Å². The molecule has 8 heteroatoms. The van der Waals surface area contributed by atoms with E-state index in [1.165, 1.54) is 16.2 Å². The van der Waals surface area contributed by atoms with Gasteiger partial charge in [-0.1, -0.05) is 42.0 Å². The number of carbonyl (C=O) groups is 1. The molecule has 0 saturated heterocycles. The largest absolute Gasteiger partial charge is 0.508 e. The number of nitrogens with zero attached hydrogens (tertiary/aromatic N) is 3. The lowest BCUT2D eigenvalue weighted by Crippen LogP contribution is -2.29. The Hall–Kier alpha value is -3.52. The van der Waals surface area contributed by atoms with Crippen LogP contribution in [0.5, 0.6) is 5.75 Å². The molecule has 4 aromatic rings. The van der Waals surface area contributed by atoms with Gasteiger partial charge in [-0.3, -0.25) is 14.5 Å². The molecule has 0 fully saturated rings. The fraction of sp³-hybridized carbons (Fsp3) is 0.217. The lowest BCUT2D eigenvalue weighted by atomic mass is 9.98. The van der Waals surface area contributed by atoms with Crippen molar-refractivity contribution < 1.29 is 14.3 Å². The van der Waals surface area contributed by atoms with E-state index < -0.39 is 11.9 Å². The van der Waals surface area contributed by atoms with Gasteiger partial charge in [-0.05, 0) is 43.2 Å². The van der Waals surface area contributed by atoms with Gasteiger partial charge in [0.2, 0.25) is 10.9 Å². The number of aryl methyl sites for hydroxylation is 2. The predicted octanol–water partition coefficient (Wildman–Crippen LogP) is 4.36. The van der Waals surface area contributed by atoms with Gasteiger partial charge in [0.15, 0.2) is 5.43 Å². The van der Waals surface area contributed by atoms with Crippen molar-refractivity contribution in [1.29, 1.82) is 0 Å². The van der Waals surface area contributed by atoms with E-state index in [4.69, 9.17) is 4.42 Å². The molecule has 0 aliphatic carbocycles. The fourth-order valence-corrected chi connectivity index (χ4v) is 4.92. The number of aromatic nitrogens is 2. The Morgan fingerprint density at radius 3 is 2.77 bits per heavy atom. The smallest absolute Gasteiger partial charge is 0.297 e. The lowest BCUT2D eigenvalue weighted by molar-refractivity contribution is 0.0970. The number of benzene rings is 2. The zero-order chi connectivity index (χ0) is 21.7. The van der Waals surface area contributed by atoms with Crippen LogP contribution in [0.3, 0.4) is 0 Å². The normalized spacial score (nSPS) is 15.6. The van der Waals surface area contributed by atoms with Gasteiger partial charge >= 0.3 is 0 Å². The summed E-state index contributed by atoms with van der Waals surface area (Å²) in [5.74, 6) is -0.396. The van der Waals surface area contributed by atoms with E-state index in [1.807, 2.05) is 19.9 Å². The van der Waals surface area contributed by atoms with Crippen molar-refractivity contribution in [2.45, 2.75) is 32.7 Å². The first-order valence-electron chi connectivity index (χ1n) is 10.00. The van der Waals surface area contributed by atoms with Crippen molar-refractivity contribution in [1.82, 2.24) is 10.2 Å². The topological polar surface area (TPSA) is 96.5 Å². The zero-order valence-electron chi connectivity index (χ0n) is 17.0. The molecule has 5 rings (SSSR count). The van der Waals surface area contributed by atoms with Crippen LogP contribution in [-0.4, -0.2) is 21.2 Å². The molecule has 0 radical (unpaired) electrons. The fourth-order valence-electron chi connectivity index (χ4n) is 3.95. The molecule has 2 aromatic carbocycles. The number of fused-ring (bicyclic) bond motifs is 2. The third kappa shape index (κ3) is 3.11. The molecule has 0 spiro atoms. The molecule has 1 N–H and O–H groups in total. The maximum absolute atomic E-state index is 13.5. The Labute approximate surface area is 181 Å². The highest BCUT2D eigenvalue weighted by Crippen LogP contribution is 2.42. The first-order valence-corrected chi connectivity index (χ1v) is 10.8. The standard InChI is InChI=1S/C23H19N3O4S/c1-3-5-17-24-25-23(31-17)26-19(13-6-4-7-14(27)11-13)18-20(28)15-10-12(2)8-9-16(15)30-21(18)22(26)29/h4,6-11,19,27H,3,5H2,1-2H3/t19-/m1/s1. The number of rotatable bonds is 4. The quantitative estimate of drug-likeness (QED) is 0.514. The Kier molecular flexibility index (Phi) is 4.59. The average molecular weight is 433 g/mol. The second-order valence-electron chi connectivity index (χ2n) is 7.57. The van der Waals surface area contributed by atoms with Gasteiger partial charge in [-0.15, -0.1) is 10.2 Å². The predicted molar refractivity (Wildman–Crippen MR) is 118 cm³/mol. The second kappa shape index (κ2) is 7.31. The number of amides is 1. The molecule has 7 nitrogen and oxygen atoms in total. The monoisotopic (exact) mass is 433 g/mol. The molecular formula is C23H19N3O4S. The molecule has 3 heterocycles. The van der Waals surface area contributed by atoms with E-state index in [9.17, 15) is 14.7 Å². The molecule has 0 unspecified atom stereocenters. The minimum Gasteiger partial charge on any atom is -0.508 e. The van der Waals surface area contributed by atoms with Crippen LogP contribution in [0.15, 0.2) is 51.7 Å². The van der Waals surface area contributed by atoms with Crippen LogP contribution in [-0.2, 0) is 6.42 Å². The number of carbonyl (C=O) groups excluding carboxylic acids is 1. The third-order valence-corrected chi connectivity index (χ3v) is 6.32. The van der Waals surface area contributed by atoms with Gasteiger partial charge in [-0.2, -0.15) is 0 Å². The van der Waals surface area contributed by atoms with Crippen molar-refractivity contribution in [2.75, 3.05) is 4.90 Å². The van der Waals surface area contributed by atoms with E-state index in [1.54, 1.807) is 36.4 Å². The number of aromatic hydroxyl groups is 1. The summed E-state index contributed by atoms with van der Waals surface area (Å²) in [6, 6.07) is 11.1. The zero-order valence-corrected chi connectivity index (χ0v) is 17.8. The maximum Gasteiger partial charge on any atom is 0.297 e. The highest BCUT2D eigenvalue weighted by atomic mass is 32.1. The van der Waals surface area contributed by atoms with Gasteiger partial charge in [-0.25, -0.2) is 0 Å². The molecule has 1 aliphatic heterocycles. The van der Waals surface area contributed by atoms with Crippen molar-refractivity contribution >= 4 is 33.3 Å². The SMILES string of the molecule is CCCc1nnc(N2C(=O)c3oc4ccc(C)cc4c(=O)c3[C@H]2c2cccc(O)c2)s1. The molecular weight excluding hydrogens is 414 g/mol. The average Bonchev–Trinajstić information content (AvgIpc) is 3.31. The third-order valence-electron chi connectivity index (χ3n) is 5.34. The number of phenols is 1. The van der Waals surface area contributed by atoms with Crippen LogP contribution < -0.4 is 10.3 Å². The van der Waals surface area contributed by atoms with Crippen molar-refractivity contribution in [3.8, 4) is 5.75 Å². The van der Waals surface area contributed by atoms with Crippen LogP contribution >= 0.6 is 11.3 Å². The molecule has 0 saturated carbocycles. The Morgan fingerprint density at radius 2 is 2.00 bits per heavy atom. The number of phenolic OH excluding ortho intramolecular Hbond substituents is 1. The highest BCUT2D eigenvalue weighted by Gasteiger charge is 2.45. The van der Waals surface area contributed by atoms with E-state index in [0.717, 1.165) is 23.4 Å². The first-order chi connectivity index (χ1) is 15.0. The van der Waals surface area contributed by atoms with Gasteiger partial charge < -0.3 is 9.52 Å². The van der Waals surface area contributed by atoms with E-state index in [0.29, 0.717) is 21.7 Å². The maximum atomic E-state index is 13.5. The summed E-state index contributed by atoms with van der Waals surface area (Å²) in [7, 11) is 0. The van der Waals surface area contributed by atoms with Crippen LogP contribution in [0, 0.1) is 6.92 Å². The Bertz CT molecular complexity index is 1390. The number of anilines is 1. The summed E-state index contributed by atoms with van der Waals surface area (Å²) in [5, 5.41) is 20.1. The summed E-state index contributed by atoms with van der Waals surface area (Å²) >= 11 is 1.32. The summed E-state index contributed by atoms with van der Waals surface area (Å²) in [5.41, 5.74) is 1.87. The molecule has 156 valence electrons. The molecule has 2 aromatic heterocycles. The summed E-state index contributed by atoms with van der Waals surface area (Å²) in [4.78, 5) is 28.5. The minimum absolute atomic E-state index is 0.00179. The van der Waals surface area contributed by atoms with E-state index in [2.05, 4.69) is 10.2 Å². The van der Waals surface area contributed by atoms with Crippen molar-refractivity contribution in [3.05, 3.63) is 80.1 Å². The van der Waals surface area contributed by atoms with Gasteiger partial charge in [0, 0.05) is 6.42 Å². The molecule has 1 atom stereocenters. The van der Waals surface area contributed by atoms with Gasteiger partial charge in [0.25, 0.3) is 5.91 Å². The number of hydrogen-bond donors (Lipinski definition) is 1. The van der Waals surface area contributed by atoms with Crippen LogP contribution in [0.25, 0.3) is 11.0 Å². The summed E-state index contributed by atoms with van der Waals surface area (Å²) < 4.78 is 5.94. The summed E-state index contributed by atoms with van der Waals surface area (Å²) in [6.07, 6.45) is 1.66. The van der Waals surface area contributed by atoms with Crippen LogP contribution in [0.1, 0.15) is 51.6 Å². The first kappa shape index (κ1) is 19.4. The Balaban J connectivity index is 1.78. The van der Waals surface area contributed by atoms with Crippen molar-refractivity contribution in [2.24, 2.45) is 0 Å². The molecule has 1 aliphatic rings. The van der Waals surface area contributed by atoms with Crippen molar-refractivity contribution in [3.63, 3.8) is 0 Å². The summed E-state index contributed by atoms with van der Waals surface area (Å²) in [6.45, 7) is 3.94.